The molecule has 13 heavy (non-hydrogen) atoms. The molecule has 3 nitrogen and oxygen atoms in total. The van der Waals surface area contributed by atoms with Gasteiger partial charge in [-0.25, -0.2) is 0 Å². The molecule has 0 N–H and O–H groups in total. The topological polar surface area (TPSA) is 35.5 Å². The van der Waals surface area contributed by atoms with Crippen molar-refractivity contribution < 1.29 is 14.3 Å². The minimum Gasteiger partial charge on any atom is -0.382 e. The van der Waals surface area contributed by atoms with E-state index in [4.69, 9.17) is 9.47 Å². The zero-order chi connectivity index (χ0) is 10.3. The molecule has 0 aromatic carbocycles. The predicted octanol–water partition coefficient (Wildman–Crippen LogP) is 1.65. The van der Waals surface area contributed by atoms with Crippen LogP contribution in [0.15, 0.2) is 0 Å². The predicted molar refractivity (Wildman–Crippen MR) is 51.8 cm³/mol. The van der Waals surface area contributed by atoms with Crippen molar-refractivity contribution in [1.82, 2.24) is 0 Å². The molecule has 0 aliphatic rings. The van der Waals surface area contributed by atoms with Crippen LogP contribution in [0.5, 0.6) is 0 Å². The first kappa shape index (κ1) is 12.6. The zero-order valence-electron chi connectivity index (χ0n) is 9.05. The number of hydrogen-bond acceptors (Lipinski definition) is 3. The number of hydrogen-bond donors (Lipinski definition) is 0. The molecular weight excluding hydrogens is 168 g/mol. The van der Waals surface area contributed by atoms with Gasteiger partial charge >= 0.3 is 0 Å². The Morgan fingerprint density at radius 2 is 1.85 bits per heavy atom. The van der Waals surface area contributed by atoms with Crippen molar-refractivity contribution in [2.24, 2.45) is 5.41 Å². The van der Waals surface area contributed by atoms with Crippen LogP contribution >= 0.6 is 0 Å². The molecule has 0 saturated heterocycles. The van der Waals surface area contributed by atoms with Gasteiger partial charge in [0.2, 0.25) is 0 Å². The van der Waals surface area contributed by atoms with E-state index >= 15 is 0 Å². The lowest BCUT2D eigenvalue weighted by Gasteiger charge is -2.16. The van der Waals surface area contributed by atoms with Crippen LogP contribution in [-0.4, -0.2) is 32.7 Å². The van der Waals surface area contributed by atoms with Crippen molar-refractivity contribution in [1.29, 1.82) is 0 Å². The van der Waals surface area contributed by atoms with Crippen molar-refractivity contribution in [3.63, 3.8) is 0 Å². The summed E-state index contributed by atoms with van der Waals surface area (Å²) < 4.78 is 9.90. The van der Waals surface area contributed by atoms with E-state index in [-0.39, 0.29) is 17.8 Å². The van der Waals surface area contributed by atoms with Gasteiger partial charge in [0.1, 0.15) is 6.61 Å². The average Bonchev–Trinajstić information content (AvgIpc) is 1.94. The van der Waals surface area contributed by atoms with Gasteiger partial charge in [0.15, 0.2) is 5.78 Å². The maximum absolute atomic E-state index is 11.3. The van der Waals surface area contributed by atoms with Crippen molar-refractivity contribution in [3.05, 3.63) is 0 Å². The van der Waals surface area contributed by atoms with E-state index in [0.717, 1.165) is 0 Å². The van der Waals surface area contributed by atoms with Crippen LogP contribution in [0.2, 0.25) is 0 Å². The highest BCUT2D eigenvalue weighted by Gasteiger charge is 2.15. The Labute approximate surface area is 80.4 Å². The molecule has 3 heteroatoms. The number of carbonyl (C=O) groups is 1. The fourth-order valence-electron chi connectivity index (χ4n) is 0.971. The zero-order valence-corrected chi connectivity index (χ0v) is 9.05. The second-order valence-electron chi connectivity index (χ2n) is 4.32. The van der Waals surface area contributed by atoms with Gasteiger partial charge in [-0.3, -0.25) is 4.79 Å². The van der Waals surface area contributed by atoms with E-state index in [1.54, 1.807) is 7.11 Å². The molecule has 0 bridgehead atoms. The highest BCUT2D eigenvalue weighted by Crippen LogP contribution is 2.18. The molecular formula is C10H20O3. The molecule has 0 heterocycles. The van der Waals surface area contributed by atoms with Crippen LogP contribution < -0.4 is 0 Å². The molecule has 0 atom stereocenters. The normalized spacial score (nSPS) is 11.7. The molecule has 0 fully saturated rings. The second-order valence-corrected chi connectivity index (χ2v) is 4.32. The van der Waals surface area contributed by atoms with Gasteiger partial charge in [-0.15, -0.1) is 0 Å². The third-order valence-electron chi connectivity index (χ3n) is 1.42. The smallest absolute Gasteiger partial charge is 0.158 e. The Morgan fingerprint density at radius 3 is 2.31 bits per heavy atom. The number of Topliss-reactive ketones (excluding diaryl/α,β-unsaturated/α-hetero) is 1. The number of ketones is 1. The second kappa shape index (κ2) is 6.11. The van der Waals surface area contributed by atoms with Gasteiger partial charge in [0.25, 0.3) is 0 Å². The van der Waals surface area contributed by atoms with Gasteiger partial charge in [0, 0.05) is 13.5 Å². The quantitative estimate of drug-likeness (QED) is 0.595. The van der Waals surface area contributed by atoms with Crippen LogP contribution in [0.3, 0.4) is 0 Å². The summed E-state index contributed by atoms with van der Waals surface area (Å²) in [5, 5.41) is 0. The maximum atomic E-state index is 11.3. The largest absolute Gasteiger partial charge is 0.382 e. The molecule has 78 valence electrons. The third kappa shape index (κ3) is 9.50. The van der Waals surface area contributed by atoms with Gasteiger partial charge < -0.3 is 9.47 Å². The first-order valence-corrected chi connectivity index (χ1v) is 4.54. The van der Waals surface area contributed by atoms with E-state index in [0.29, 0.717) is 19.6 Å². The van der Waals surface area contributed by atoms with Crippen molar-refractivity contribution in [2.45, 2.75) is 27.2 Å². The van der Waals surface area contributed by atoms with Gasteiger partial charge in [0.05, 0.1) is 13.2 Å². The number of ether oxygens (including phenoxy) is 2. The molecule has 0 aromatic heterocycles. The fourth-order valence-corrected chi connectivity index (χ4v) is 0.971. The molecule has 0 spiro atoms. The average molecular weight is 188 g/mol. The highest BCUT2D eigenvalue weighted by molar-refractivity contribution is 5.80. The molecule has 0 amide bonds. The van der Waals surface area contributed by atoms with Crippen molar-refractivity contribution >= 4 is 5.78 Å². The summed E-state index contributed by atoms with van der Waals surface area (Å²) in [6, 6.07) is 0. The SMILES string of the molecule is COCCOCC(=O)CC(C)(C)C. The molecule has 0 rings (SSSR count). The monoisotopic (exact) mass is 188 g/mol. The number of rotatable bonds is 6. The van der Waals surface area contributed by atoms with Gasteiger partial charge in [-0.05, 0) is 5.41 Å². The Morgan fingerprint density at radius 1 is 1.23 bits per heavy atom. The van der Waals surface area contributed by atoms with E-state index in [1.165, 1.54) is 0 Å². The summed E-state index contributed by atoms with van der Waals surface area (Å²) in [7, 11) is 1.61. The van der Waals surface area contributed by atoms with Crippen LogP contribution in [0.4, 0.5) is 0 Å². The van der Waals surface area contributed by atoms with Crippen LogP contribution in [0.1, 0.15) is 27.2 Å². The number of carbonyl (C=O) groups excluding carboxylic acids is 1. The van der Waals surface area contributed by atoms with Gasteiger partial charge in [-0.1, -0.05) is 20.8 Å². The van der Waals surface area contributed by atoms with Crippen LogP contribution in [-0.2, 0) is 14.3 Å². The van der Waals surface area contributed by atoms with E-state index in [1.807, 2.05) is 20.8 Å². The maximum Gasteiger partial charge on any atom is 0.158 e. The summed E-state index contributed by atoms with van der Waals surface area (Å²) in [4.78, 5) is 11.3. The minimum absolute atomic E-state index is 0.0572. The first-order chi connectivity index (χ1) is 5.95. The summed E-state index contributed by atoms with van der Waals surface area (Å²) in [5.41, 5.74) is 0.0572. The minimum atomic E-state index is 0.0572. The molecule has 0 unspecified atom stereocenters. The van der Waals surface area contributed by atoms with E-state index < -0.39 is 0 Å². The Hall–Kier alpha value is -0.410. The summed E-state index contributed by atoms with van der Waals surface area (Å²) in [6.07, 6.45) is 0.569. The standard InChI is InChI=1S/C10H20O3/c1-10(2,3)7-9(11)8-13-6-5-12-4/h5-8H2,1-4H3. The molecule has 0 aliphatic carbocycles. The molecule has 0 saturated carbocycles. The lowest BCUT2D eigenvalue weighted by molar-refractivity contribution is -0.125. The summed E-state index contributed by atoms with van der Waals surface area (Å²) in [5.74, 6) is 0.156. The molecule has 0 aliphatic heterocycles. The summed E-state index contributed by atoms with van der Waals surface area (Å²) in [6.45, 7) is 7.37. The third-order valence-corrected chi connectivity index (χ3v) is 1.42. The number of methoxy groups -OCH3 is 1. The Bertz CT molecular complexity index is 147. The Kier molecular flexibility index (Phi) is 5.91. The first-order valence-electron chi connectivity index (χ1n) is 4.54. The highest BCUT2D eigenvalue weighted by atomic mass is 16.5. The van der Waals surface area contributed by atoms with Crippen LogP contribution in [0.25, 0.3) is 0 Å². The van der Waals surface area contributed by atoms with Crippen molar-refractivity contribution in [3.8, 4) is 0 Å². The lowest BCUT2D eigenvalue weighted by atomic mass is 9.90. The van der Waals surface area contributed by atoms with Crippen molar-refractivity contribution in [2.75, 3.05) is 26.9 Å². The fraction of sp³-hybridized carbons (Fsp3) is 0.900. The van der Waals surface area contributed by atoms with Crippen LogP contribution in [0, 0.1) is 5.41 Å². The molecule has 0 aromatic rings. The van der Waals surface area contributed by atoms with E-state index in [2.05, 4.69) is 0 Å². The molecule has 0 radical (unpaired) electrons. The van der Waals surface area contributed by atoms with E-state index in [9.17, 15) is 4.79 Å². The summed E-state index contributed by atoms with van der Waals surface area (Å²) >= 11 is 0. The lowest BCUT2D eigenvalue weighted by Crippen LogP contribution is -2.18. The van der Waals surface area contributed by atoms with Gasteiger partial charge in [-0.2, -0.15) is 0 Å². The Balaban J connectivity index is 3.41.